The van der Waals surface area contributed by atoms with Crippen LogP contribution in [0.2, 0.25) is 0 Å². The Morgan fingerprint density at radius 2 is 1.89 bits per heavy atom. The van der Waals surface area contributed by atoms with Crippen molar-refractivity contribution in [2.75, 3.05) is 13.1 Å². The Labute approximate surface area is 171 Å². The van der Waals surface area contributed by atoms with E-state index < -0.39 is 0 Å². The molecule has 1 N–H and O–H groups in total. The van der Waals surface area contributed by atoms with Gasteiger partial charge in [0.1, 0.15) is 5.69 Å². The molecule has 6 heteroatoms. The molecular weight excluding hydrogens is 370 g/mol. The third kappa shape index (κ3) is 3.59. The van der Waals surface area contributed by atoms with Gasteiger partial charge < -0.3 is 14.8 Å². The zero-order chi connectivity index (χ0) is 19.8. The minimum Gasteiger partial charge on any atom is -0.353 e. The zero-order valence-corrected chi connectivity index (χ0v) is 17.9. The van der Waals surface area contributed by atoms with Crippen molar-refractivity contribution in [3.63, 3.8) is 0 Å². The van der Waals surface area contributed by atoms with Crippen molar-refractivity contribution in [2.24, 2.45) is 24.8 Å². The molecule has 0 aromatic carbocycles. The first-order valence-electron chi connectivity index (χ1n) is 10.6. The van der Waals surface area contributed by atoms with Gasteiger partial charge in [-0.3, -0.25) is 9.59 Å². The summed E-state index contributed by atoms with van der Waals surface area (Å²) in [6, 6.07) is 4.36. The Balaban J connectivity index is 1.34. The minimum absolute atomic E-state index is 0.0328. The molecule has 2 fully saturated rings. The number of amides is 2. The van der Waals surface area contributed by atoms with Crippen molar-refractivity contribution in [2.45, 2.75) is 52.0 Å². The van der Waals surface area contributed by atoms with Gasteiger partial charge in [0.15, 0.2) is 0 Å². The molecule has 4 rings (SSSR count). The van der Waals surface area contributed by atoms with Crippen LogP contribution in [0.15, 0.2) is 17.5 Å². The topological polar surface area (TPSA) is 54.3 Å². The molecule has 0 spiro atoms. The normalized spacial score (nSPS) is 26.5. The molecule has 2 aromatic rings. The van der Waals surface area contributed by atoms with Crippen LogP contribution in [0.1, 0.15) is 56.4 Å². The molecule has 28 heavy (non-hydrogen) atoms. The van der Waals surface area contributed by atoms with Crippen molar-refractivity contribution < 1.29 is 9.59 Å². The van der Waals surface area contributed by atoms with Crippen LogP contribution in [0.3, 0.4) is 0 Å². The van der Waals surface area contributed by atoms with E-state index in [1.54, 1.807) is 11.3 Å². The molecule has 1 aliphatic heterocycles. The second-order valence-electron chi connectivity index (χ2n) is 8.71. The SMILES string of the molecule is CC1CCCC(NC(=O)C2CCN(C(=O)c3cc4sccc4n3C)CC2)C1C. The van der Waals surface area contributed by atoms with E-state index in [9.17, 15) is 9.59 Å². The second kappa shape index (κ2) is 7.90. The smallest absolute Gasteiger partial charge is 0.270 e. The predicted octanol–water partition coefficient (Wildman–Crippen LogP) is 4.03. The number of carbonyl (C=O) groups is 2. The standard InChI is InChI=1S/C22H31N3O2S/c1-14-5-4-6-17(15(14)2)23-21(26)16-7-10-25(11-8-16)22(27)19-13-20-18(24(19)3)9-12-28-20/h9,12-17H,4-8,10-11H2,1-3H3,(H,23,26). The number of aromatic nitrogens is 1. The maximum atomic E-state index is 13.0. The van der Waals surface area contributed by atoms with Crippen molar-refractivity contribution in [1.82, 2.24) is 14.8 Å². The van der Waals surface area contributed by atoms with Crippen LogP contribution in [0, 0.1) is 17.8 Å². The molecule has 3 atom stereocenters. The number of rotatable bonds is 3. The fourth-order valence-corrected chi connectivity index (χ4v) is 5.70. The van der Waals surface area contributed by atoms with E-state index in [-0.39, 0.29) is 17.7 Å². The Morgan fingerprint density at radius 1 is 1.14 bits per heavy atom. The Kier molecular flexibility index (Phi) is 5.50. The summed E-state index contributed by atoms with van der Waals surface area (Å²) >= 11 is 1.66. The van der Waals surface area contributed by atoms with Gasteiger partial charge in [-0.25, -0.2) is 0 Å². The maximum absolute atomic E-state index is 13.0. The monoisotopic (exact) mass is 401 g/mol. The fourth-order valence-electron chi connectivity index (χ4n) is 4.85. The highest BCUT2D eigenvalue weighted by Crippen LogP contribution is 2.30. The first kappa shape index (κ1) is 19.5. The lowest BCUT2D eigenvalue weighted by atomic mass is 9.78. The quantitative estimate of drug-likeness (QED) is 0.844. The second-order valence-corrected chi connectivity index (χ2v) is 9.66. The number of piperidine rings is 1. The molecule has 3 unspecified atom stereocenters. The van der Waals surface area contributed by atoms with Crippen molar-refractivity contribution in [1.29, 1.82) is 0 Å². The minimum atomic E-state index is 0.0328. The lowest BCUT2D eigenvalue weighted by Crippen LogP contribution is -2.48. The molecule has 0 bridgehead atoms. The highest BCUT2D eigenvalue weighted by molar-refractivity contribution is 7.17. The summed E-state index contributed by atoms with van der Waals surface area (Å²) in [6.07, 6.45) is 5.08. The molecule has 1 saturated carbocycles. The number of nitrogens with zero attached hydrogens (tertiary/aromatic N) is 2. The number of likely N-dealkylation sites (tertiary alicyclic amines) is 1. The average Bonchev–Trinajstić information content (AvgIpc) is 3.28. The van der Waals surface area contributed by atoms with Crippen LogP contribution < -0.4 is 5.32 Å². The van der Waals surface area contributed by atoms with Gasteiger partial charge in [-0.1, -0.05) is 26.7 Å². The number of carbonyl (C=O) groups excluding carboxylic acids is 2. The largest absolute Gasteiger partial charge is 0.353 e. The Bertz CT molecular complexity index is 862. The van der Waals surface area contributed by atoms with Crippen LogP contribution in [0.25, 0.3) is 10.2 Å². The number of hydrogen-bond acceptors (Lipinski definition) is 3. The van der Waals surface area contributed by atoms with Crippen LogP contribution in [-0.2, 0) is 11.8 Å². The van der Waals surface area contributed by atoms with Crippen LogP contribution in [0.5, 0.6) is 0 Å². The van der Waals surface area contributed by atoms with Gasteiger partial charge in [-0.15, -0.1) is 11.3 Å². The average molecular weight is 402 g/mol. The summed E-state index contributed by atoms with van der Waals surface area (Å²) in [6.45, 7) is 5.88. The molecule has 152 valence electrons. The number of fused-ring (bicyclic) bond motifs is 1. The van der Waals surface area contributed by atoms with Crippen LogP contribution in [0.4, 0.5) is 0 Å². The predicted molar refractivity (Wildman–Crippen MR) is 114 cm³/mol. The maximum Gasteiger partial charge on any atom is 0.270 e. The first-order chi connectivity index (χ1) is 13.5. The third-order valence-electron chi connectivity index (χ3n) is 7.07. The number of hydrogen-bond donors (Lipinski definition) is 1. The summed E-state index contributed by atoms with van der Waals surface area (Å²) in [5.41, 5.74) is 1.85. The zero-order valence-electron chi connectivity index (χ0n) is 17.1. The highest BCUT2D eigenvalue weighted by atomic mass is 32.1. The van der Waals surface area contributed by atoms with Gasteiger partial charge in [0.05, 0.1) is 10.2 Å². The molecule has 0 radical (unpaired) electrons. The van der Waals surface area contributed by atoms with Crippen molar-refractivity contribution in [3.8, 4) is 0 Å². The van der Waals surface area contributed by atoms with E-state index in [1.807, 2.05) is 22.6 Å². The molecule has 2 aromatic heterocycles. The molecule has 1 aliphatic carbocycles. The van der Waals surface area contributed by atoms with Crippen molar-refractivity contribution >= 4 is 33.4 Å². The van der Waals surface area contributed by atoms with E-state index in [1.165, 1.54) is 12.8 Å². The summed E-state index contributed by atoms with van der Waals surface area (Å²) in [4.78, 5) is 27.7. The van der Waals surface area contributed by atoms with Crippen molar-refractivity contribution in [3.05, 3.63) is 23.2 Å². The Morgan fingerprint density at radius 3 is 2.61 bits per heavy atom. The third-order valence-corrected chi connectivity index (χ3v) is 7.92. The van der Waals surface area contributed by atoms with E-state index >= 15 is 0 Å². The van der Waals surface area contributed by atoms with E-state index in [0.29, 0.717) is 31.0 Å². The number of aryl methyl sites for hydroxylation is 1. The van der Waals surface area contributed by atoms with E-state index in [2.05, 4.69) is 30.6 Å². The van der Waals surface area contributed by atoms with E-state index in [4.69, 9.17) is 0 Å². The van der Waals surface area contributed by atoms with Gasteiger partial charge in [0, 0.05) is 32.1 Å². The summed E-state index contributed by atoms with van der Waals surface area (Å²) in [5, 5.41) is 5.38. The van der Waals surface area contributed by atoms with Gasteiger partial charge in [0.2, 0.25) is 5.91 Å². The van der Waals surface area contributed by atoms with Gasteiger partial charge in [-0.2, -0.15) is 0 Å². The van der Waals surface area contributed by atoms with E-state index in [0.717, 1.165) is 35.2 Å². The molecule has 3 heterocycles. The lowest BCUT2D eigenvalue weighted by Gasteiger charge is -2.37. The van der Waals surface area contributed by atoms with Crippen LogP contribution in [-0.4, -0.2) is 40.4 Å². The molecular formula is C22H31N3O2S. The van der Waals surface area contributed by atoms with Gasteiger partial charge >= 0.3 is 0 Å². The van der Waals surface area contributed by atoms with Gasteiger partial charge in [0.25, 0.3) is 5.91 Å². The van der Waals surface area contributed by atoms with Crippen LogP contribution >= 0.6 is 11.3 Å². The molecule has 1 saturated heterocycles. The molecule has 2 aliphatic rings. The number of nitrogens with one attached hydrogen (secondary N) is 1. The first-order valence-corrected chi connectivity index (χ1v) is 11.5. The Hall–Kier alpha value is -1.82. The summed E-state index contributed by atoms with van der Waals surface area (Å²) in [7, 11) is 1.95. The number of thiophene rings is 1. The van der Waals surface area contributed by atoms with Gasteiger partial charge in [-0.05, 0) is 48.6 Å². The molecule has 5 nitrogen and oxygen atoms in total. The summed E-state index contributed by atoms with van der Waals surface area (Å²) in [5.74, 6) is 1.53. The molecule has 2 amide bonds. The summed E-state index contributed by atoms with van der Waals surface area (Å²) < 4.78 is 3.13. The highest BCUT2D eigenvalue weighted by Gasteiger charge is 2.33. The lowest BCUT2D eigenvalue weighted by molar-refractivity contribution is -0.127. The fraction of sp³-hybridized carbons (Fsp3) is 0.636.